The van der Waals surface area contributed by atoms with Crippen molar-refractivity contribution >= 4 is 11.6 Å². The van der Waals surface area contributed by atoms with Crippen molar-refractivity contribution < 1.29 is 9.18 Å². The molecule has 2 rings (SSSR count). The third kappa shape index (κ3) is 3.29. The fraction of sp³-hybridized carbons (Fsp3) is 0.500. The highest BCUT2D eigenvalue weighted by atomic mass is 19.1. The van der Waals surface area contributed by atoms with Crippen LogP contribution < -0.4 is 10.2 Å². The van der Waals surface area contributed by atoms with Crippen LogP contribution in [0.1, 0.15) is 25.7 Å². The number of carbonyl (C=O) groups excluding carboxylic acids is 1. The molecule has 0 aromatic heterocycles. The summed E-state index contributed by atoms with van der Waals surface area (Å²) in [6.07, 6.45) is 3.88. The van der Waals surface area contributed by atoms with Gasteiger partial charge in [-0.05, 0) is 37.6 Å². The molecule has 0 spiro atoms. The normalized spacial score (nSPS) is 19.6. The van der Waals surface area contributed by atoms with Gasteiger partial charge in [-0.2, -0.15) is 0 Å². The molecule has 0 bridgehead atoms. The maximum absolute atomic E-state index is 13.1. The lowest BCUT2D eigenvalue weighted by molar-refractivity contribution is -0.118. The van der Waals surface area contributed by atoms with E-state index < -0.39 is 0 Å². The van der Waals surface area contributed by atoms with Crippen molar-refractivity contribution in [3.63, 3.8) is 0 Å². The zero-order valence-corrected chi connectivity index (χ0v) is 10.7. The van der Waals surface area contributed by atoms with Crippen LogP contribution in [0.5, 0.6) is 0 Å². The minimum absolute atomic E-state index is 0.0278. The molecule has 98 valence electrons. The highest BCUT2D eigenvalue weighted by molar-refractivity contribution is 5.93. The summed E-state index contributed by atoms with van der Waals surface area (Å²) >= 11 is 0. The molecule has 1 aromatic rings. The van der Waals surface area contributed by atoms with Gasteiger partial charge in [0.15, 0.2) is 0 Å². The summed E-state index contributed by atoms with van der Waals surface area (Å²) < 4.78 is 13.1. The first-order chi connectivity index (χ1) is 8.66. The molecule has 18 heavy (non-hydrogen) atoms. The molecule has 4 heteroatoms. The summed E-state index contributed by atoms with van der Waals surface area (Å²) in [5.41, 5.74) is 0.607. The second kappa shape index (κ2) is 5.96. The molecule has 0 radical (unpaired) electrons. The Bertz CT molecular complexity index is 416. The van der Waals surface area contributed by atoms with E-state index in [1.54, 1.807) is 19.2 Å². The minimum Gasteiger partial charge on any atom is -0.315 e. The molecule has 1 amide bonds. The van der Waals surface area contributed by atoms with Crippen LogP contribution in [-0.4, -0.2) is 25.5 Å². The molecule has 1 aliphatic heterocycles. The Morgan fingerprint density at radius 3 is 3.00 bits per heavy atom. The molecule has 1 aromatic carbocycles. The van der Waals surface area contributed by atoms with Gasteiger partial charge in [0.05, 0.1) is 0 Å². The largest absolute Gasteiger partial charge is 0.315 e. The van der Waals surface area contributed by atoms with Gasteiger partial charge in [0.1, 0.15) is 5.82 Å². The van der Waals surface area contributed by atoms with Crippen LogP contribution in [0.3, 0.4) is 0 Å². The van der Waals surface area contributed by atoms with E-state index in [1.807, 2.05) is 0 Å². The molecule has 1 unspecified atom stereocenters. The molecule has 1 saturated heterocycles. The van der Waals surface area contributed by atoms with Gasteiger partial charge in [-0.1, -0.05) is 12.5 Å². The molecule has 1 aliphatic rings. The van der Waals surface area contributed by atoms with Gasteiger partial charge >= 0.3 is 0 Å². The van der Waals surface area contributed by atoms with Gasteiger partial charge in [-0.15, -0.1) is 0 Å². The van der Waals surface area contributed by atoms with Crippen LogP contribution in [-0.2, 0) is 4.79 Å². The van der Waals surface area contributed by atoms with E-state index in [2.05, 4.69) is 5.32 Å². The van der Waals surface area contributed by atoms with Crippen molar-refractivity contribution in [2.75, 3.05) is 18.5 Å². The first-order valence-electron chi connectivity index (χ1n) is 6.42. The van der Waals surface area contributed by atoms with Gasteiger partial charge in [0.2, 0.25) is 5.91 Å². The summed E-state index contributed by atoms with van der Waals surface area (Å²) in [7, 11) is 1.69. The Balaban J connectivity index is 1.95. The van der Waals surface area contributed by atoms with E-state index in [0.717, 1.165) is 13.0 Å². The number of hydrogen-bond acceptors (Lipinski definition) is 2. The van der Waals surface area contributed by atoms with E-state index >= 15 is 0 Å². The number of anilines is 1. The SMILES string of the molecule is CN(C(=O)CC1CCCCN1)c1cccc(F)c1. The summed E-state index contributed by atoms with van der Waals surface area (Å²) in [4.78, 5) is 13.6. The predicted octanol–water partition coefficient (Wildman–Crippen LogP) is 2.32. The fourth-order valence-corrected chi connectivity index (χ4v) is 2.27. The Morgan fingerprint density at radius 1 is 1.50 bits per heavy atom. The topological polar surface area (TPSA) is 32.3 Å². The number of hydrogen-bond donors (Lipinski definition) is 1. The molecule has 1 heterocycles. The van der Waals surface area contributed by atoms with Gasteiger partial charge in [-0.3, -0.25) is 4.79 Å². The molecule has 1 fully saturated rings. The predicted molar refractivity (Wildman–Crippen MR) is 70.1 cm³/mol. The standard InChI is InChI=1S/C14H19FN2O/c1-17(13-7-4-5-11(15)9-13)14(18)10-12-6-2-3-8-16-12/h4-5,7,9,12,16H,2-3,6,8,10H2,1H3. The lowest BCUT2D eigenvalue weighted by Crippen LogP contribution is -2.39. The van der Waals surface area contributed by atoms with Crippen molar-refractivity contribution in [1.29, 1.82) is 0 Å². The zero-order chi connectivity index (χ0) is 13.0. The van der Waals surface area contributed by atoms with Crippen LogP contribution in [0.15, 0.2) is 24.3 Å². The highest BCUT2D eigenvalue weighted by Crippen LogP contribution is 2.17. The zero-order valence-electron chi connectivity index (χ0n) is 10.7. The molecule has 0 saturated carbocycles. The average Bonchev–Trinajstić information content (AvgIpc) is 2.39. The van der Waals surface area contributed by atoms with E-state index in [0.29, 0.717) is 12.1 Å². The maximum Gasteiger partial charge on any atom is 0.228 e. The van der Waals surface area contributed by atoms with Crippen LogP contribution in [0.2, 0.25) is 0 Å². The van der Waals surface area contributed by atoms with Crippen LogP contribution in [0, 0.1) is 5.82 Å². The molecule has 1 N–H and O–H groups in total. The van der Waals surface area contributed by atoms with E-state index in [1.165, 1.54) is 29.9 Å². The third-order valence-corrected chi connectivity index (χ3v) is 3.40. The number of carbonyl (C=O) groups is 1. The fourth-order valence-electron chi connectivity index (χ4n) is 2.27. The Morgan fingerprint density at radius 2 is 2.33 bits per heavy atom. The lowest BCUT2D eigenvalue weighted by Gasteiger charge is -2.25. The summed E-state index contributed by atoms with van der Waals surface area (Å²) in [6, 6.07) is 6.39. The third-order valence-electron chi connectivity index (χ3n) is 3.40. The number of nitrogens with one attached hydrogen (secondary N) is 1. The quantitative estimate of drug-likeness (QED) is 0.893. The number of rotatable bonds is 3. The number of benzene rings is 1. The van der Waals surface area contributed by atoms with Crippen molar-refractivity contribution in [2.24, 2.45) is 0 Å². The van der Waals surface area contributed by atoms with Crippen LogP contribution in [0.4, 0.5) is 10.1 Å². The first kappa shape index (κ1) is 13.0. The molecule has 3 nitrogen and oxygen atoms in total. The van der Waals surface area contributed by atoms with Crippen molar-refractivity contribution in [1.82, 2.24) is 5.32 Å². The average molecular weight is 250 g/mol. The second-order valence-electron chi connectivity index (χ2n) is 4.78. The summed E-state index contributed by atoms with van der Waals surface area (Å²) in [5.74, 6) is -0.289. The maximum atomic E-state index is 13.1. The number of nitrogens with zero attached hydrogens (tertiary/aromatic N) is 1. The summed E-state index contributed by atoms with van der Waals surface area (Å²) in [6.45, 7) is 0.988. The smallest absolute Gasteiger partial charge is 0.228 e. The summed E-state index contributed by atoms with van der Waals surface area (Å²) in [5, 5.41) is 3.35. The van der Waals surface area contributed by atoms with E-state index in [9.17, 15) is 9.18 Å². The number of halogens is 1. The first-order valence-corrected chi connectivity index (χ1v) is 6.42. The minimum atomic E-state index is -0.317. The van der Waals surface area contributed by atoms with Gasteiger partial charge in [0.25, 0.3) is 0 Å². The van der Waals surface area contributed by atoms with Crippen molar-refractivity contribution in [3.05, 3.63) is 30.1 Å². The van der Waals surface area contributed by atoms with Gasteiger partial charge in [0, 0.05) is 25.2 Å². The second-order valence-corrected chi connectivity index (χ2v) is 4.78. The van der Waals surface area contributed by atoms with Crippen molar-refractivity contribution in [2.45, 2.75) is 31.7 Å². The van der Waals surface area contributed by atoms with Crippen molar-refractivity contribution in [3.8, 4) is 0 Å². The lowest BCUT2D eigenvalue weighted by atomic mass is 10.0. The van der Waals surface area contributed by atoms with E-state index in [4.69, 9.17) is 0 Å². The Kier molecular flexibility index (Phi) is 4.31. The van der Waals surface area contributed by atoms with Gasteiger partial charge < -0.3 is 10.2 Å². The van der Waals surface area contributed by atoms with Gasteiger partial charge in [-0.25, -0.2) is 4.39 Å². The highest BCUT2D eigenvalue weighted by Gasteiger charge is 2.19. The molecule has 1 atom stereocenters. The Hall–Kier alpha value is -1.42. The van der Waals surface area contributed by atoms with Crippen LogP contribution >= 0.6 is 0 Å². The molecular weight excluding hydrogens is 231 g/mol. The van der Waals surface area contributed by atoms with Crippen LogP contribution in [0.25, 0.3) is 0 Å². The molecular formula is C14H19FN2O. The monoisotopic (exact) mass is 250 g/mol. The molecule has 0 aliphatic carbocycles. The van der Waals surface area contributed by atoms with E-state index in [-0.39, 0.29) is 17.8 Å². The number of amides is 1. The number of piperidine rings is 1. The Labute approximate surface area is 107 Å².